The smallest absolute Gasteiger partial charge is 0.194 e. The van der Waals surface area contributed by atoms with Gasteiger partial charge in [0.25, 0.3) is 0 Å². The Labute approximate surface area is 127 Å². The first-order valence-corrected chi connectivity index (χ1v) is 7.69. The van der Waals surface area contributed by atoms with Gasteiger partial charge in [-0.05, 0) is 19.1 Å². The summed E-state index contributed by atoms with van der Waals surface area (Å²) >= 11 is 0. The van der Waals surface area contributed by atoms with Gasteiger partial charge in [0.2, 0.25) is 0 Å². The van der Waals surface area contributed by atoms with Crippen molar-refractivity contribution in [3.63, 3.8) is 0 Å². The van der Waals surface area contributed by atoms with Crippen molar-refractivity contribution >= 4 is 5.96 Å². The number of benzene rings is 1. The quantitative estimate of drug-likeness (QED) is 0.514. The van der Waals surface area contributed by atoms with Gasteiger partial charge < -0.3 is 15.0 Å². The minimum Gasteiger partial charge on any atom is -0.490 e. The minimum absolute atomic E-state index is 0.297. The molecule has 0 saturated carbocycles. The molecule has 0 amide bonds. The topological polar surface area (TPSA) is 36.9 Å². The second-order valence-electron chi connectivity index (χ2n) is 5.10. The van der Waals surface area contributed by atoms with Crippen LogP contribution in [0, 0.1) is 0 Å². The van der Waals surface area contributed by atoms with Crippen LogP contribution in [0.5, 0.6) is 5.75 Å². The van der Waals surface area contributed by atoms with E-state index in [1.54, 1.807) is 0 Å². The number of rotatable bonds is 5. The van der Waals surface area contributed by atoms with Crippen LogP contribution < -0.4 is 10.1 Å². The molecule has 0 bridgehead atoms. The number of nitrogens with zero attached hydrogens (tertiary/aromatic N) is 2. The molecular weight excluding hydrogens is 262 g/mol. The normalized spacial score (nSPS) is 16.6. The van der Waals surface area contributed by atoms with Gasteiger partial charge in [-0.15, -0.1) is 6.58 Å². The van der Waals surface area contributed by atoms with Crippen molar-refractivity contribution in [1.29, 1.82) is 0 Å². The molecule has 4 nitrogen and oxygen atoms in total. The third-order valence-electron chi connectivity index (χ3n) is 3.49. The molecule has 114 valence electrons. The van der Waals surface area contributed by atoms with Crippen molar-refractivity contribution in [2.75, 3.05) is 26.2 Å². The van der Waals surface area contributed by atoms with Gasteiger partial charge in [-0.25, -0.2) is 4.99 Å². The SMILES string of the molecule is C=CCN=C(NCC)N1CCC(Oc2ccccc2)CC1. The number of nitrogens with one attached hydrogen (secondary N) is 1. The van der Waals surface area contributed by atoms with E-state index in [4.69, 9.17) is 4.74 Å². The fraction of sp³-hybridized carbons (Fsp3) is 0.471. The maximum atomic E-state index is 6.02. The van der Waals surface area contributed by atoms with Crippen molar-refractivity contribution < 1.29 is 4.74 Å². The number of likely N-dealkylation sites (tertiary alicyclic amines) is 1. The zero-order chi connectivity index (χ0) is 14.9. The van der Waals surface area contributed by atoms with Gasteiger partial charge in [-0.3, -0.25) is 0 Å². The van der Waals surface area contributed by atoms with Crippen LogP contribution in [0.15, 0.2) is 48.0 Å². The van der Waals surface area contributed by atoms with Crippen LogP contribution in [0.3, 0.4) is 0 Å². The third-order valence-corrected chi connectivity index (χ3v) is 3.49. The molecule has 1 aromatic carbocycles. The van der Waals surface area contributed by atoms with Crippen molar-refractivity contribution in [1.82, 2.24) is 10.2 Å². The standard InChI is InChI=1S/C17H25N3O/c1-3-12-19-17(18-4-2)20-13-10-16(11-14-20)21-15-8-6-5-7-9-15/h3,5-9,16H,1,4,10-14H2,2H3,(H,18,19). The fourth-order valence-corrected chi connectivity index (χ4v) is 2.45. The minimum atomic E-state index is 0.297. The van der Waals surface area contributed by atoms with Crippen molar-refractivity contribution in [2.45, 2.75) is 25.9 Å². The Kier molecular flexibility index (Phi) is 6.13. The molecule has 4 heteroatoms. The van der Waals surface area contributed by atoms with Gasteiger partial charge in [0.05, 0.1) is 6.54 Å². The van der Waals surface area contributed by atoms with Gasteiger partial charge >= 0.3 is 0 Å². The van der Waals surface area contributed by atoms with Crippen molar-refractivity contribution in [2.24, 2.45) is 4.99 Å². The molecule has 21 heavy (non-hydrogen) atoms. The molecule has 1 aliphatic rings. The van der Waals surface area contributed by atoms with Crippen LogP contribution in [0.1, 0.15) is 19.8 Å². The second-order valence-corrected chi connectivity index (χ2v) is 5.10. The van der Waals surface area contributed by atoms with E-state index in [1.807, 2.05) is 36.4 Å². The highest BCUT2D eigenvalue weighted by molar-refractivity contribution is 5.80. The van der Waals surface area contributed by atoms with Crippen LogP contribution >= 0.6 is 0 Å². The molecular formula is C17H25N3O. The predicted molar refractivity (Wildman–Crippen MR) is 87.8 cm³/mol. The number of hydrogen-bond donors (Lipinski definition) is 1. The van der Waals surface area contributed by atoms with E-state index in [0.717, 1.165) is 44.2 Å². The van der Waals surface area contributed by atoms with E-state index in [1.165, 1.54) is 0 Å². The lowest BCUT2D eigenvalue weighted by atomic mass is 10.1. The summed E-state index contributed by atoms with van der Waals surface area (Å²) in [6.07, 6.45) is 4.16. The number of hydrogen-bond acceptors (Lipinski definition) is 2. The average molecular weight is 287 g/mol. The summed E-state index contributed by atoms with van der Waals surface area (Å²) < 4.78 is 6.02. The second kappa shape index (κ2) is 8.35. The lowest BCUT2D eigenvalue weighted by Gasteiger charge is -2.34. The van der Waals surface area contributed by atoms with E-state index >= 15 is 0 Å². The molecule has 0 radical (unpaired) electrons. The highest BCUT2D eigenvalue weighted by Crippen LogP contribution is 2.18. The Morgan fingerprint density at radius 3 is 2.71 bits per heavy atom. The summed E-state index contributed by atoms with van der Waals surface area (Å²) in [6, 6.07) is 10.1. The molecule has 1 heterocycles. The van der Waals surface area contributed by atoms with Gasteiger partial charge in [0.15, 0.2) is 5.96 Å². The zero-order valence-corrected chi connectivity index (χ0v) is 12.8. The van der Waals surface area contributed by atoms with Gasteiger partial charge in [-0.1, -0.05) is 24.3 Å². The first-order valence-electron chi connectivity index (χ1n) is 7.69. The Morgan fingerprint density at radius 2 is 2.10 bits per heavy atom. The molecule has 0 aliphatic carbocycles. The van der Waals surface area contributed by atoms with Crippen LogP contribution in [0.4, 0.5) is 0 Å². The van der Waals surface area contributed by atoms with Crippen LogP contribution in [-0.2, 0) is 0 Å². The molecule has 0 aromatic heterocycles. The molecule has 1 saturated heterocycles. The molecule has 1 aromatic rings. The van der Waals surface area contributed by atoms with Crippen molar-refractivity contribution in [3.05, 3.63) is 43.0 Å². The highest BCUT2D eigenvalue weighted by Gasteiger charge is 2.22. The number of piperidine rings is 1. The zero-order valence-electron chi connectivity index (χ0n) is 12.8. The predicted octanol–water partition coefficient (Wildman–Crippen LogP) is 2.68. The lowest BCUT2D eigenvalue weighted by Crippen LogP contribution is -2.47. The maximum absolute atomic E-state index is 6.02. The largest absolute Gasteiger partial charge is 0.490 e. The van der Waals surface area contributed by atoms with E-state index in [9.17, 15) is 0 Å². The first kappa shape index (κ1) is 15.4. The summed E-state index contributed by atoms with van der Waals surface area (Å²) in [5, 5.41) is 3.34. The van der Waals surface area contributed by atoms with Gasteiger partial charge in [-0.2, -0.15) is 0 Å². The summed E-state index contributed by atoms with van der Waals surface area (Å²) in [4.78, 5) is 6.84. The molecule has 2 rings (SSSR count). The number of para-hydroxylation sites is 1. The summed E-state index contributed by atoms with van der Waals surface area (Å²) in [5.74, 6) is 1.94. The Bertz CT molecular complexity index is 450. The molecule has 1 fully saturated rings. The summed E-state index contributed by atoms with van der Waals surface area (Å²) in [6.45, 7) is 9.30. The average Bonchev–Trinajstić information content (AvgIpc) is 2.53. The first-order chi connectivity index (χ1) is 10.3. The fourth-order valence-electron chi connectivity index (χ4n) is 2.45. The van der Waals surface area contributed by atoms with E-state index < -0.39 is 0 Å². The summed E-state index contributed by atoms with van der Waals surface area (Å²) in [7, 11) is 0. The van der Waals surface area contributed by atoms with E-state index in [0.29, 0.717) is 12.6 Å². The van der Waals surface area contributed by atoms with Gasteiger partial charge in [0.1, 0.15) is 11.9 Å². The third kappa shape index (κ3) is 4.81. The summed E-state index contributed by atoms with van der Waals surface area (Å²) in [5.41, 5.74) is 0. The Hall–Kier alpha value is -1.97. The molecule has 0 spiro atoms. The number of aliphatic imine (C=N–C) groups is 1. The van der Waals surface area contributed by atoms with E-state index in [2.05, 4.69) is 28.7 Å². The van der Waals surface area contributed by atoms with E-state index in [-0.39, 0.29) is 0 Å². The number of guanidine groups is 1. The molecule has 1 N–H and O–H groups in total. The van der Waals surface area contributed by atoms with Crippen LogP contribution in [-0.4, -0.2) is 43.1 Å². The van der Waals surface area contributed by atoms with Crippen LogP contribution in [0.2, 0.25) is 0 Å². The molecule has 1 aliphatic heterocycles. The molecule has 0 unspecified atom stereocenters. The Balaban J connectivity index is 1.85. The Morgan fingerprint density at radius 1 is 1.38 bits per heavy atom. The number of ether oxygens (including phenoxy) is 1. The molecule has 0 atom stereocenters. The maximum Gasteiger partial charge on any atom is 0.194 e. The van der Waals surface area contributed by atoms with Crippen molar-refractivity contribution in [3.8, 4) is 5.75 Å². The van der Waals surface area contributed by atoms with Gasteiger partial charge in [0, 0.05) is 32.5 Å². The monoisotopic (exact) mass is 287 g/mol. The van der Waals surface area contributed by atoms with Crippen LogP contribution in [0.25, 0.3) is 0 Å². The highest BCUT2D eigenvalue weighted by atomic mass is 16.5. The lowest BCUT2D eigenvalue weighted by molar-refractivity contribution is 0.129.